The molecule has 31 heavy (non-hydrogen) atoms. The molecule has 0 bridgehead atoms. The monoisotopic (exact) mass is 489 g/mol. The molecule has 0 aromatic carbocycles. The number of carbonyl (C=O) groups excluding carboxylic acids is 1. The molecular weight excluding hydrogens is 469 g/mol. The van der Waals surface area contributed by atoms with Crippen LogP contribution in [0.25, 0.3) is 5.65 Å². The van der Waals surface area contributed by atoms with Crippen LogP contribution in [0.1, 0.15) is 25.6 Å². The van der Waals surface area contributed by atoms with Crippen molar-refractivity contribution in [2.75, 3.05) is 24.4 Å². The minimum Gasteiger partial charge on any atom is -0.475 e. The van der Waals surface area contributed by atoms with E-state index in [4.69, 9.17) is 38.4 Å². The van der Waals surface area contributed by atoms with Gasteiger partial charge in [0.05, 0.1) is 28.7 Å². The van der Waals surface area contributed by atoms with Crippen molar-refractivity contribution >= 4 is 58.7 Å². The number of carbonyl (C=O) groups is 1. The summed E-state index contributed by atoms with van der Waals surface area (Å²) in [5.41, 5.74) is 7.49. The Balaban J connectivity index is 0.00000341. The number of ether oxygens (including phenoxy) is 2. The molecule has 0 spiro atoms. The number of nitrogens with zero attached hydrogens (tertiary/aromatic N) is 4. The number of nitrogens with two attached hydrogens (primary N) is 1. The van der Waals surface area contributed by atoms with E-state index < -0.39 is 12.1 Å². The first-order valence-electron chi connectivity index (χ1n) is 8.97. The summed E-state index contributed by atoms with van der Waals surface area (Å²) in [4.78, 5) is 21.1. The van der Waals surface area contributed by atoms with Crippen LogP contribution >= 0.6 is 35.6 Å². The third-order valence-electron chi connectivity index (χ3n) is 4.03. The molecule has 2 unspecified atom stereocenters. The Labute approximate surface area is 194 Å². The minimum absolute atomic E-state index is 0. The van der Waals surface area contributed by atoms with Crippen molar-refractivity contribution in [3.8, 4) is 5.88 Å². The third-order valence-corrected chi connectivity index (χ3v) is 4.42. The molecule has 0 fully saturated rings. The number of hydrogen-bond acceptors (Lipinski definition) is 7. The Bertz CT molecular complexity index is 1060. The normalized spacial score (nSPS) is 12.7. The number of aromatic nitrogens is 4. The van der Waals surface area contributed by atoms with E-state index in [9.17, 15) is 4.79 Å². The standard InChI is InChI=1S/C18H21Cl2N7O3.ClH/c1-9(21)8-30-17-12(4-11(19)6-23-17)24-18(28)25-13-7-22-15-5-14(20)26-27(15)16(13)10(2)29-3;/h4-7,9-10H,8,21H2,1-3H3,(H2,24,25,28);1H. The first-order valence-corrected chi connectivity index (χ1v) is 9.73. The lowest BCUT2D eigenvalue weighted by Gasteiger charge is -2.18. The molecule has 4 N–H and O–H groups in total. The average molecular weight is 491 g/mol. The highest BCUT2D eigenvalue weighted by atomic mass is 35.5. The summed E-state index contributed by atoms with van der Waals surface area (Å²) < 4.78 is 12.5. The number of hydrogen-bond donors (Lipinski definition) is 3. The molecule has 2 atom stereocenters. The van der Waals surface area contributed by atoms with E-state index in [1.165, 1.54) is 23.0 Å². The van der Waals surface area contributed by atoms with Crippen LogP contribution in [0.3, 0.4) is 0 Å². The van der Waals surface area contributed by atoms with E-state index in [0.29, 0.717) is 22.1 Å². The molecule has 13 heteroatoms. The number of urea groups is 1. The molecule has 3 heterocycles. The zero-order chi connectivity index (χ0) is 21.8. The topological polar surface area (TPSA) is 129 Å². The summed E-state index contributed by atoms with van der Waals surface area (Å²) in [6, 6.07) is 2.37. The second kappa shape index (κ2) is 10.8. The van der Waals surface area contributed by atoms with Crippen LogP contribution in [0.5, 0.6) is 5.88 Å². The highest BCUT2D eigenvalue weighted by Gasteiger charge is 2.20. The van der Waals surface area contributed by atoms with Gasteiger partial charge in [0.1, 0.15) is 12.3 Å². The van der Waals surface area contributed by atoms with Gasteiger partial charge in [-0.15, -0.1) is 12.4 Å². The predicted octanol–water partition coefficient (Wildman–Crippen LogP) is 3.93. The van der Waals surface area contributed by atoms with Crippen LogP contribution in [0, 0.1) is 0 Å². The zero-order valence-corrected chi connectivity index (χ0v) is 19.3. The molecule has 0 aliphatic heterocycles. The van der Waals surface area contributed by atoms with Gasteiger partial charge in [-0.2, -0.15) is 5.10 Å². The first-order chi connectivity index (χ1) is 14.3. The smallest absolute Gasteiger partial charge is 0.323 e. The Morgan fingerprint density at radius 3 is 2.58 bits per heavy atom. The maximum Gasteiger partial charge on any atom is 0.323 e. The molecule has 3 aromatic heterocycles. The summed E-state index contributed by atoms with van der Waals surface area (Å²) in [5.74, 6) is 0.199. The molecule has 168 valence electrons. The van der Waals surface area contributed by atoms with E-state index >= 15 is 0 Å². The number of rotatable bonds is 7. The molecule has 10 nitrogen and oxygen atoms in total. The van der Waals surface area contributed by atoms with Crippen molar-refractivity contribution < 1.29 is 14.3 Å². The average Bonchev–Trinajstić information content (AvgIpc) is 3.06. The number of methoxy groups -OCH3 is 1. The van der Waals surface area contributed by atoms with Crippen LogP contribution in [-0.4, -0.2) is 45.4 Å². The maximum atomic E-state index is 12.7. The summed E-state index contributed by atoms with van der Waals surface area (Å²) in [5, 5.41) is 10.2. The Kier molecular flexibility index (Phi) is 8.66. The lowest BCUT2D eigenvalue weighted by Crippen LogP contribution is -2.25. The van der Waals surface area contributed by atoms with Gasteiger partial charge >= 0.3 is 6.03 Å². The molecular formula is C18H22Cl3N7O3. The Morgan fingerprint density at radius 2 is 1.90 bits per heavy atom. The number of anilines is 2. The minimum atomic E-state index is -0.561. The summed E-state index contributed by atoms with van der Waals surface area (Å²) >= 11 is 12.0. The van der Waals surface area contributed by atoms with Gasteiger partial charge in [-0.1, -0.05) is 23.2 Å². The van der Waals surface area contributed by atoms with Crippen LogP contribution in [0.4, 0.5) is 16.2 Å². The molecule has 0 saturated carbocycles. The van der Waals surface area contributed by atoms with Gasteiger partial charge in [-0.05, 0) is 19.9 Å². The Hall–Kier alpha value is -2.37. The van der Waals surface area contributed by atoms with Crippen molar-refractivity contribution in [2.24, 2.45) is 5.73 Å². The molecule has 0 radical (unpaired) electrons. The van der Waals surface area contributed by atoms with Gasteiger partial charge < -0.3 is 25.8 Å². The molecule has 3 rings (SSSR count). The second-order valence-corrected chi connectivity index (χ2v) is 7.37. The van der Waals surface area contributed by atoms with Gasteiger partial charge in [0.2, 0.25) is 5.88 Å². The summed E-state index contributed by atoms with van der Waals surface area (Å²) in [6.45, 7) is 3.83. The number of fused-ring (bicyclic) bond motifs is 1. The van der Waals surface area contributed by atoms with E-state index in [2.05, 4.69) is 25.7 Å². The van der Waals surface area contributed by atoms with E-state index in [1.807, 2.05) is 6.92 Å². The second-order valence-electron chi connectivity index (χ2n) is 6.55. The van der Waals surface area contributed by atoms with Crippen molar-refractivity contribution in [3.63, 3.8) is 0 Å². The fourth-order valence-corrected chi connectivity index (χ4v) is 2.97. The molecule has 3 aromatic rings. The van der Waals surface area contributed by atoms with E-state index in [-0.39, 0.29) is 41.8 Å². The van der Waals surface area contributed by atoms with Gasteiger partial charge in [0.25, 0.3) is 0 Å². The van der Waals surface area contributed by atoms with Crippen molar-refractivity contribution in [2.45, 2.75) is 26.0 Å². The SMILES string of the molecule is COC(C)c1c(NC(=O)Nc2cc(Cl)cnc2OCC(C)N)cnc2cc(Cl)nn12.Cl. The largest absolute Gasteiger partial charge is 0.475 e. The molecule has 0 aliphatic carbocycles. The van der Waals surface area contributed by atoms with Crippen LogP contribution in [0.2, 0.25) is 10.2 Å². The van der Waals surface area contributed by atoms with Gasteiger partial charge in [-0.3, -0.25) is 0 Å². The third kappa shape index (κ3) is 6.08. The van der Waals surface area contributed by atoms with Crippen molar-refractivity contribution in [1.82, 2.24) is 19.6 Å². The predicted molar refractivity (Wildman–Crippen MR) is 122 cm³/mol. The van der Waals surface area contributed by atoms with Crippen LogP contribution in [0.15, 0.2) is 24.5 Å². The highest BCUT2D eigenvalue weighted by molar-refractivity contribution is 6.31. The first kappa shape index (κ1) is 24.9. The highest BCUT2D eigenvalue weighted by Crippen LogP contribution is 2.28. The lowest BCUT2D eigenvalue weighted by atomic mass is 10.2. The lowest BCUT2D eigenvalue weighted by molar-refractivity contribution is 0.114. The number of halogens is 3. The zero-order valence-electron chi connectivity index (χ0n) is 16.9. The fourth-order valence-electron chi connectivity index (χ4n) is 2.64. The number of nitrogens with one attached hydrogen (secondary N) is 2. The van der Waals surface area contributed by atoms with Crippen molar-refractivity contribution in [1.29, 1.82) is 0 Å². The quantitative estimate of drug-likeness (QED) is 0.457. The van der Waals surface area contributed by atoms with Crippen LogP contribution < -0.4 is 21.1 Å². The number of amides is 2. The maximum absolute atomic E-state index is 12.7. The molecule has 0 saturated heterocycles. The van der Waals surface area contributed by atoms with Gasteiger partial charge in [0.15, 0.2) is 10.8 Å². The van der Waals surface area contributed by atoms with E-state index in [1.54, 1.807) is 20.1 Å². The molecule has 0 aliphatic rings. The van der Waals surface area contributed by atoms with Crippen LogP contribution in [-0.2, 0) is 4.74 Å². The fraction of sp³-hybridized carbons (Fsp3) is 0.333. The summed E-state index contributed by atoms with van der Waals surface area (Å²) in [6.07, 6.45) is 2.51. The Morgan fingerprint density at radius 1 is 1.19 bits per heavy atom. The summed E-state index contributed by atoms with van der Waals surface area (Å²) in [7, 11) is 1.55. The van der Waals surface area contributed by atoms with Gasteiger partial charge in [0, 0.05) is 25.4 Å². The molecule has 2 amide bonds. The van der Waals surface area contributed by atoms with E-state index in [0.717, 1.165) is 0 Å². The number of pyridine rings is 1. The van der Waals surface area contributed by atoms with Gasteiger partial charge in [-0.25, -0.2) is 19.3 Å². The van der Waals surface area contributed by atoms with Crippen molar-refractivity contribution in [3.05, 3.63) is 40.4 Å².